The van der Waals surface area contributed by atoms with E-state index in [1.54, 1.807) is 18.2 Å². The standard InChI is InChI=1S/C15H11BrClFO3/c1-8(19)15-12(20-2)4-3-5-13(15)21-14-7-11(18)10(17)6-9(14)16/h3-7H,1-2H3. The molecule has 0 bridgehead atoms. The van der Waals surface area contributed by atoms with Gasteiger partial charge in [-0.3, -0.25) is 4.79 Å². The largest absolute Gasteiger partial charge is 0.496 e. The minimum absolute atomic E-state index is 0.0216. The van der Waals surface area contributed by atoms with Crippen LogP contribution in [0.3, 0.4) is 0 Å². The lowest BCUT2D eigenvalue weighted by Crippen LogP contribution is -2.01. The van der Waals surface area contributed by atoms with E-state index in [1.807, 2.05) is 0 Å². The van der Waals surface area contributed by atoms with Gasteiger partial charge in [-0.25, -0.2) is 4.39 Å². The first kappa shape index (κ1) is 15.8. The molecule has 0 saturated carbocycles. The highest BCUT2D eigenvalue weighted by Gasteiger charge is 2.17. The van der Waals surface area contributed by atoms with Crippen LogP contribution >= 0.6 is 27.5 Å². The van der Waals surface area contributed by atoms with Crippen LogP contribution < -0.4 is 9.47 Å². The summed E-state index contributed by atoms with van der Waals surface area (Å²) in [4.78, 5) is 11.8. The van der Waals surface area contributed by atoms with Gasteiger partial charge in [-0.05, 0) is 41.1 Å². The van der Waals surface area contributed by atoms with Gasteiger partial charge in [0.25, 0.3) is 0 Å². The van der Waals surface area contributed by atoms with Crippen LogP contribution in [-0.2, 0) is 0 Å². The zero-order chi connectivity index (χ0) is 15.6. The SMILES string of the molecule is COc1cccc(Oc2cc(F)c(Cl)cc2Br)c1C(C)=O. The first-order valence-electron chi connectivity index (χ1n) is 5.94. The van der Waals surface area contributed by atoms with Gasteiger partial charge in [0.15, 0.2) is 5.78 Å². The maximum absolute atomic E-state index is 13.5. The number of ketones is 1. The first-order chi connectivity index (χ1) is 9.93. The third-order valence-electron chi connectivity index (χ3n) is 2.75. The van der Waals surface area contributed by atoms with E-state index in [0.717, 1.165) is 6.07 Å². The summed E-state index contributed by atoms with van der Waals surface area (Å²) in [6, 6.07) is 7.48. The normalized spacial score (nSPS) is 10.3. The van der Waals surface area contributed by atoms with Crippen molar-refractivity contribution < 1.29 is 18.7 Å². The summed E-state index contributed by atoms with van der Waals surface area (Å²) in [5.41, 5.74) is 0.294. The summed E-state index contributed by atoms with van der Waals surface area (Å²) >= 11 is 8.93. The Kier molecular flexibility index (Phi) is 4.85. The predicted molar refractivity (Wildman–Crippen MR) is 82.2 cm³/mol. The van der Waals surface area contributed by atoms with Crippen molar-refractivity contribution in [3.05, 3.63) is 51.2 Å². The molecule has 0 saturated heterocycles. The Morgan fingerprint density at radius 3 is 2.52 bits per heavy atom. The molecule has 2 rings (SSSR count). The van der Waals surface area contributed by atoms with Gasteiger partial charge < -0.3 is 9.47 Å². The Balaban J connectivity index is 2.49. The number of Topliss-reactive ketones (excluding diaryl/α,β-unsaturated/α-hetero) is 1. The quantitative estimate of drug-likeness (QED) is 0.543. The fourth-order valence-corrected chi connectivity index (χ4v) is 2.53. The van der Waals surface area contributed by atoms with Gasteiger partial charge in [0.05, 0.1) is 16.6 Å². The number of hydrogen-bond acceptors (Lipinski definition) is 3. The second-order valence-electron chi connectivity index (χ2n) is 4.19. The zero-order valence-corrected chi connectivity index (χ0v) is 13.6. The summed E-state index contributed by atoms with van der Waals surface area (Å²) in [6.45, 7) is 1.40. The van der Waals surface area contributed by atoms with Crippen molar-refractivity contribution in [2.75, 3.05) is 7.11 Å². The molecular formula is C15H11BrClFO3. The maximum Gasteiger partial charge on any atom is 0.167 e. The van der Waals surface area contributed by atoms with Crippen molar-refractivity contribution >= 4 is 33.3 Å². The molecule has 0 aliphatic rings. The second-order valence-corrected chi connectivity index (χ2v) is 5.45. The molecule has 0 fully saturated rings. The fourth-order valence-electron chi connectivity index (χ4n) is 1.81. The molecule has 0 heterocycles. The van der Waals surface area contributed by atoms with E-state index >= 15 is 0 Å². The number of carbonyl (C=O) groups excluding carboxylic acids is 1. The molecule has 0 aliphatic heterocycles. The molecule has 2 aromatic rings. The van der Waals surface area contributed by atoms with Crippen molar-refractivity contribution in [3.63, 3.8) is 0 Å². The van der Waals surface area contributed by atoms with Crippen LogP contribution in [0.2, 0.25) is 5.02 Å². The van der Waals surface area contributed by atoms with Crippen LogP contribution in [0.1, 0.15) is 17.3 Å². The highest BCUT2D eigenvalue weighted by Crippen LogP contribution is 2.37. The predicted octanol–water partition coefficient (Wildman–Crippen LogP) is 5.25. The number of carbonyl (C=O) groups is 1. The van der Waals surface area contributed by atoms with Crippen LogP contribution in [0, 0.1) is 5.82 Å². The Hall–Kier alpha value is -1.59. The van der Waals surface area contributed by atoms with Crippen LogP contribution in [0.25, 0.3) is 0 Å². The molecular weight excluding hydrogens is 363 g/mol. The van der Waals surface area contributed by atoms with Crippen LogP contribution in [0.5, 0.6) is 17.2 Å². The average molecular weight is 374 g/mol. The van der Waals surface area contributed by atoms with Crippen LogP contribution in [-0.4, -0.2) is 12.9 Å². The Bertz CT molecular complexity index is 704. The molecule has 110 valence electrons. The number of benzene rings is 2. The zero-order valence-electron chi connectivity index (χ0n) is 11.2. The van der Waals surface area contributed by atoms with Gasteiger partial charge in [-0.1, -0.05) is 17.7 Å². The molecule has 0 aromatic heterocycles. The molecule has 3 nitrogen and oxygen atoms in total. The minimum Gasteiger partial charge on any atom is -0.496 e. The summed E-state index contributed by atoms with van der Waals surface area (Å²) in [6.07, 6.45) is 0. The van der Waals surface area contributed by atoms with Gasteiger partial charge >= 0.3 is 0 Å². The lowest BCUT2D eigenvalue weighted by molar-refractivity contribution is 0.101. The third kappa shape index (κ3) is 3.36. The van der Waals surface area contributed by atoms with Crippen LogP contribution in [0.15, 0.2) is 34.8 Å². The van der Waals surface area contributed by atoms with Crippen LogP contribution in [0.4, 0.5) is 4.39 Å². The van der Waals surface area contributed by atoms with Crippen molar-refractivity contribution in [1.29, 1.82) is 0 Å². The minimum atomic E-state index is -0.609. The van der Waals surface area contributed by atoms with E-state index in [1.165, 1.54) is 20.1 Å². The number of hydrogen-bond donors (Lipinski definition) is 0. The van der Waals surface area contributed by atoms with Gasteiger partial charge in [-0.2, -0.15) is 0 Å². The van der Waals surface area contributed by atoms with E-state index in [9.17, 15) is 9.18 Å². The number of methoxy groups -OCH3 is 1. The average Bonchev–Trinajstić information content (AvgIpc) is 2.44. The Labute approximate surface area is 134 Å². The van der Waals surface area contributed by atoms with Gasteiger partial charge in [0.2, 0.25) is 0 Å². The van der Waals surface area contributed by atoms with E-state index in [0.29, 0.717) is 15.8 Å². The molecule has 0 amide bonds. The molecule has 21 heavy (non-hydrogen) atoms. The van der Waals surface area contributed by atoms with Crippen molar-refractivity contribution in [3.8, 4) is 17.2 Å². The molecule has 2 aromatic carbocycles. The molecule has 0 spiro atoms. The highest BCUT2D eigenvalue weighted by molar-refractivity contribution is 9.10. The molecule has 6 heteroatoms. The summed E-state index contributed by atoms with van der Waals surface area (Å²) < 4.78 is 24.8. The van der Waals surface area contributed by atoms with E-state index in [-0.39, 0.29) is 22.3 Å². The Morgan fingerprint density at radius 1 is 1.24 bits per heavy atom. The van der Waals surface area contributed by atoms with Gasteiger partial charge in [0.1, 0.15) is 28.6 Å². The van der Waals surface area contributed by atoms with E-state index in [4.69, 9.17) is 21.1 Å². The smallest absolute Gasteiger partial charge is 0.167 e. The fraction of sp³-hybridized carbons (Fsp3) is 0.133. The molecule has 0 N–H and O–H groups in total. The van der Waals surface area contributed by atoms with Crippen molar-refractivity contribution in [2.45, 2.75) is 6.92 Å². The first-order valence-corrected chi connectivity index (χ1v) is 7.11. The number of rotatable bonds is 4. The molecule has 0 unspecified atom stereocenters. The Morgan fingerprint density at radius 2 is 1.90 bits per heavy atom. The van der Waals surface area contributed by atoms with E-state index < -0.39 is 5.82 Å². The monoisotopic (exact) mass is 372 g/mol. The molecule has 0 radical (unpaired) electrons. The lowest BCUT2D eigenvalue weighted by Gasteiger charge is -2.14. The maximum atomic E-state index is 13.5. The third-order valence-corrected chi connectivity index (χ3v) is 3.66. The summed E-state index contributed by atoms with van der Waals surface area (Å²) in [5, 5.41) is -0.0216. The lowest BCUT2D eigenvalue weighted by atomic mass is 10.1. The topological polar surface area (TPSA) is 35.5 Å². The van der Waals surface area contributed by atoms with Gasteiger partial charge in [-0.15, -0.1) is 0 Å². The second kappa shape index (κ2) is 6.45. The van der Waals surface area contributed by atoms with Crippen molar-refractivity contribution in [1.82, 2.24) is 0 Å². The highest BCUT2D eigenvalue weighted by atomic mass is 79.9. The summed E-state index contributed by atoms with van der Waals surface area (Å²) in [5.74, 6) is 0.0672. The van der Waals surface area contributed by atoms with Gasteiger partial charge in [0, 0.05) is 6.07 Å². The molecule has 0 aliphatic carbocycles. The summed E-state index contributed by atoms with van der Waals surface area (Å²) in [7, 11) is 1.46. The molecule has 0 atom stereocenters. The number of halogens is 3. The van der Waals surface area contributed by atoms with Crippen molar-refractivity contribution in [2.24, 2.45) is 0 Å². The van der Waals surface area contributed by atoms with E-state index in [2.05, 4.69) is 15.9 Å². The number of ether oxygens (including phenoxy) is 2.